The van der Waals surface area contributed by atoms with Crippen molar-refractivity contribution in [2.45, 2.75) is 37.0 Å². The van der Waals surface area contributed by atoms with Crippen LogP contribution in [-0.4, -0.2) is 28.4 Å². The smallest absolute Gasteiger partial charge is 0.297 e. The summed E-state index contributed by atoms with van der Waals surface area (Å²) in [7, 11) is 1.30. The van der Waals surface area contributed by atoms with Crippen molar-refractivity contribution in [2.75, 3.05) is 0 Å². The summed E-state index contributed by atoms with van der Waals surface area (Å²) in [6, 6.07) is 6.08. The number of alkyl halides is 2. The Morgan fingerprint density at radius 1 is 1.22 bits per heavy atom. The van der Waals surface area contributed by atoms with Crippen LogP contribution in [0.5, 0.6) is 11.6 Å². The zero-order valence-corrected chi connectivity index (χ0v) is 18.0. The van der Waals surface area contributed by atoms with Crippen LogP contribution in [0.4, 0.5) is 8.78 Å². The van der Waals surface area contributed by atoms with Crippen molar-refractivity contribution in [3.8, 4) is 29.0 Å². The lowest BCUT2D eigenvalue weighted by molar-refractivity contribution is 0.139. The van der Waals surface area contributed by atoms with Gasteiger partial charge in [-0.15, -0.1) is 0 Å². The maximum Gasteiger partial charge on any atom is 0.297 e. The van der Waals surface area contributed by atoms with Crippen LogP contribution < -0.4 is 4.74 Å². The van der Waals surface area contributed by atoms with Crippen molar-refractivity contribution in [3.05, 3.63) is 53.4 Å². The minimum absolute atomic E-state index is 0.0621. The standard InChI is InChI=1S/C20H14ClF2N5O3S/c1-10-17(16(12-2-3-12)28-19(26-10)18(22)23)31-20-15(32(21,29)30)5-4-14(27-20)13-6-11(7-24)8-25-9-13/h4-6,8-9,12,18H,2-3H2,1H3. The lowest BCUT2D eigenvalue weighted by Gasteiger charge is -2.15. The third-order valence-corrected chi connectivity index (χ3v) is 6.02. The first-order chi connectivity index (χ1) is 15.2. The number of aromatic nitrogens is 4. The summed E-state index contributed by atoms with van der Waals surface area (Å²) < 4.78 is 56.4. The maximum atomic E-state index is 13.2. The van der Waals surface area contributed by atoms with E-state index in [1.54, 1.807) is 0 Å². The van der Waals surface area contributed by atoms with Gasteiger partial charge in [-0.1, -0.05) is 0 Å². The van der Waals surface area contributed by atoms with Crippen LogP contribution >= 0.6 is 10.7 Å². The second-order valence-electron chi connectivity index (χ2n) is 7.07. The fourth-order valence-corrected chi connectivity index (χ4v) is 3.93. The molecule has 32 heavy (non-hydrogen) atoms. The summed E-state index contributed by atoms with van der Waals surface area (Å²) >= 11 is 0. The van der Waals surface area contributed by atoms with Gasteiger partial charge in [0, 0.05) is 34.6 Å². The van der Waals surface area contributed by atoms with Gasteiger partial charge in [0.15, 0.2) is 11.6 Å². The molecule has 4 rings (SSSR count). The van der Waals surface area contributed by atoms with Gasteiger partial charge in [-0.25, -0.2) is 32.2 Å². The first kappa shape index (κ1) is 22.0. The summed E-state index contributed by atoms with van der Waals surface area (Å²) in [4.78, 5) is 15.6. The van der Waals surface area contributed by atoms with E-state index in [4.69, 9.17) is 20.7 Å². The maximum absolute atomic E-state index is 13.2. The Kier molecular flexibility index (Phi) is 5.75. The Labute approximate surface area is 186 Å². The third-order valence-electron chi connectivity index (χ3n) is 4.69. The largest absolute Gasteiger partial charge is 0.434 e. The molecule has 0 bridgehead atoms. The molecule has 0 spiro atoms. The van der Waals surface area contributed by atoms with E-state index in [0.717, 1.165) is 12.8 Å². The molecule has 0 unspecified atom stereocenters. The quantitative estimate of drug-likeness (QED) is 0.470. The van der Waals surface area contributed by atoms with Crippen LogP contribution in [0.15, 0.2) is 35.5 Å². The molecule has 1 saturated carbocycles. The van der Waals surface area contributed by atoms with Crippen molar-refractivity contribution in [1.29, 1.82) is 5.26 Å². The fraction of sp³-hybridized carbons (Fsp3) is 0.250. The van der Waals surface area contributed by atoms with Gasteiger partial charge in [0.2, 0.25) is 5.88 Å². The summed E-state index contributed by atoms with van der Waals surface area (Å²) in [5.74, 6) is -1.02. The Bertz CT molecular complexity index is 1360. The van der Waals surface area contributed by atoms with E-state index in [1.165, 1.54) is 37.5 Å². The Morgan fingerprint density at radius 3 is 2.59 bits per heavy atom. The molecule has 1 fully saturated rings. The Balaban J connectivity index is 1.85. The molecule has 164 valence electrons. The SMILES string of the molecule is Cc1nc(C(F)F)nc(C2CC2)c1Oc1nc(-c2cncc(C#N)c2)ccc1S(=O)(=O)Cl. The van der Waals surface area contributed by atoms with Crippen LogP contribution in [0.2, 0.25) is 0 Å². The van der Waals surface area contributed by atoms with Crippen molar-refractivity contribution in [3.63, 3.8) is 0 Å². The summed E-state index contributed by atoms with van der Waals surface area (Å²) in [6.07, 6.45) is 1.42. The second kappa shape index (κ2) is 8.37. The molecule has 1 aliphatic rings. The van der Waals surface area contributed by atoms with E-state index in [9.17, 15) is 17.2 Å². The van der Waals surface area contributed by atoms with Gasteiger partial charge in [0.25, 0.3) is 15.5 Å². The number of nitriles is 1. The van der Waals surface area contributed by atoms with Crippen molar-refractivity contribution >= 4 is 19.7 Å². The normalized spacial score (nSPS) is 13.8. The molecule has 3 heterocycles. The number of rotatable bonds is 6. The zero-order valence-electron chi connectivity index (χ0n) is 16.5. The predicted octanol–water partition coefficient (Wildman–Crippen LogP) is 4.65. The van der Waals surface area contributed by atoms with Crippen LogP contribution in [0, 0.1) is 18.3 Å². The summed E-state index contributed by atoms with van der Waals surface area (Å²) in [5, 5.41) is 9.09. The van der Waals surface area contributed by atoms with Crippen molar-refractivity contribution in [2.24, 2.45) is 0 Å². The lowest BCUT2D eigenvalue weighted by Crippen LogP contribution is -2.07. The minimum Gasteiger partial charge on any atom is -0.434 e. The number of hydrogen-bond donors (Lipinski definition) is 0. The molecule has 1 aliphatic carbocycles. The molecule has 0 saturated heterocycles. The van der Waals surface area contributed by atoms with Crippen LogP contribution in [-0.2, 0) is 9.05 Å². The number of ether oxygens (including phenoxy) is 1. The summed E-state index contributed by atoms with van der Waals surface area (Å²) in [6.45, 7) is 1.47. The highest BCUT2D eigenvalue weighted by Crippen LogP contribution is 2.46. The van der Waals surface area contributed by atoms with Crippen molar-refractivity contribution in [1.82, 2.24) is 19.9 Å². The van der Waals surface area contributed by atoms with Gasteiger partial charge in [-0.3, -0.25) is 4.98 Å². The van der Waals surface area contributed by atoms with Gasteiger partial charge in [-0.05, 0) is 38.0 Å². The number of aryl methyl sites for hydroxylation is 1. The molecule has 0 amide bonds. The van der Waals surface area contributed by atoms with E-state index < -0.39 is 26.2 Å². The van der Waals surface area contributed by atoms with E-state index >= 15 is 0 Å². The minimum atomic E-state index is -4.26. The molecule has 0 aromatic carbocycles. The third kappa shape index (κ3) is 4.51. The Hall–Kier alpha value is -3.23. The average Bonchev–Trinajstić information content (AvgIpc) is 3.59. The molecule has 0 radical (unpaired) electrons. The number of nitrogens with zero attached hydrogens (tertiary/aromatic N) is 5. The number of hydrogen-bond acceptors (Lipinski definition) is 8. The van der Waals surface area contributed by atoms with E-state index in [2.05, 4.69) is 19.9 Å². The molecule has 12 heteroatoms. The first-order valence-corrected chi connectivity index (χ1v) is 11.6. The number of halogens is 3. The van der Waals surface area contributed by atoms with E-state index in [1.807, 2.05) is 6.07 Å². The van der Waals surface area contributed by atoms with Crippen molar-refractivity contribution < 1.29 is 21.9 Å². The molecule has 3 aromatic heterocycles. The fourth-order valence-electron chi connectivity index (χ4n) is 3.05. The predicted molar refractivity (Wildman–Crippen MR) is 109 cm³/mol. The van der Waals surface area contributed by atoms with Crippen LogP contribution in [0.1, 0.15) is 48.0 Å². The van der Waals surface area contributed by atoms with E-state index in [-0.39, 0.29) is 40.2 Å². The van der Waals surface area contributed by atoms with Gasteiger partial charge in [0.05, 0.1) is 22.6 Å². The highest BCUT2D eigenvalue weighted by atomic mass is 35.7. The van der Waals surface area contributed by atoms with Crippen LogP contribution in [0.25, 0.3) is 11.3 Å². The molecule has 0 aliphatic heterocycles. The highest BCUT2D eigenvalue weighted by Gasteiger charge is 2.33. The van der Waals surface area contributed by atoms with Gasteiger partial charge in [0.1, 0.15) is 11.0 Å². The van der Waals surface area contributed by atoms with Crippen LogP contribution in [0.3, 0.4) is 0 Å². The average molecular weight is 478 g/mol. The number of pyridine rings is 2. The molecule has 0 atom stereocenters. The first-order valence-electron chi connectivity index (χ1n) is 9.33. The van der Waals surface area contributed by atoms with E-state index in [0.29, 0.717) is 5.56 Å². The van der Waals surface area contributed by atoms with Gasteiger partial charge >= 0.3 is 0 Å². The molecular formula is C20H14ClF2N5O3S. The second-order valence-corrected chi connectivity index (χ2v) is 9.60. The molecular weight excluding hydrogens is 464 g/mol. The topological polar surface area (TPSA) is 119 Å². The molecule has 0 N–H and O–H groups in total. The monoisotopic (exact) mass is 477 g/mol. The van der Waals surface area contributed by atoms with Gasteiger partial charge < -0.3 is 4.74 Å². The Morgan fingerprint density at radius 2 is 1.97 bits per heavy atom. The molecule has 3 aromatic rings. The zero-order chi connectivity index (χ0) is 23.0. The lowest BCUT2D eigenvalue weighted by atomic mass is 10.1. The highest BCUT2D eigenvalue weighted by molar-refractivity contribution is 8.13. The summed E-state index contributed by atoms with van der Waals surface area (Å²) in [5.41, 5.74) is 1.38. The van der Waals surface area contributed by atoms with Gasteiger partial charge in [-0.2, -0.15) is 5.26 Å². The molecule has 8 nitrogen and oxygen atoms in total.